The van der Waals surface area contributed by atoms with Crippen molar-refractivity contribution in [2.45, 2.75) is 44.0 Å². The van der Waals surface area contributed by atoms with Gasteiger partial charge in [-0.15, -0.1) is 23.1 Å². The molecule has 0 unspecified atom stereocenters. The van der Waals surface area contributed by atoms with Crippen molar-refractivity contribution in [3.8, 4) is 0 Å². The molecule has 49 heavy (non-hydrogen) atoms. The van der Waals surface area contributed by atoms with Crippen LogP contribution >= 0.6 is 34.6 Å². The minimum atomic E-state index is -1.80. The number of amidine groups is 1. The number of pyridine rings is 1. The van der Waals surface area contributed by atoms with Crippen LogP contribution in [0, 0.1) is 5.41 Å². The van der Waals surface area contributed by atoms with Crippen molar-refractivity contribution < 1.29 is 38.8 Å². The number of carboxylic acid groups (broad SMARTS) is 2. The monoisotopic (exact) mass is 725 g/mol. The number of amides is 2. The summed E-state index contributed by atoms with van der Waals surface area (Å²) >= 11 is 3.57. The van der Waals surface area contributed by atoms with Gasteiger partial charge >= 0.3 is 11.9 Å². The number of carbonyl (C=O) groups is 4. The van der Waals surface area contributed by atoms with Gasteiger partial charge < -0.3 is 36.4 Å². The van der Waals surface area contributed by atoms with Crippen LogP contribution in [-0.4, -0.2) is 87.1 Å². The lowest BCUT2D eigenvalue weighted by Crippen LogP contribution is -2.71. The van der Waals surface area contributed by atoms with E-state index in [1.54, 1.807) is 0 Å². The molecule has 4 aromatic heterocycles. The van der Waals surface area contributed by atoms with Gasteiger partial charge in [0.15, 0.2) is 24.1 Å². The number of oxime groups is 1. The number of β-lactam (4-membered cyclic amide) rings is 1. The van der Waals surface area contributed by atoms with Crippen molar-refractivity contribution in [2.24, 2.45) is 10.9 Å². The maximum atomic E-state index is 13.4. The summed E-state index contributed by atoms with van der Waals surface area (Å²) in [6.07, 6.45) is 5.70. The second kappa shape index (κ2) is 12.9. The fourth-order valence-electron chi connectivity index (χ4n) is 5.13. The number of nitrogens with zero attached hydrogens (tertiary/aromatic N) is 6. The summed E-state index contributed by atoms with van der Waals surface area (Å²) in [5, 5.41) is 35.6. The van der Waals surface area contributed by atoms with Crippen molar-refractivity contribution >= 4 is 86.0 Å². The molecule has 17 nitrogen and oxygen atoms in total. The smallest absolute Gasteiger partial charge is 0.352 e. The van der Waals surface area contributed by atoms with E-state index in [-0.39, 0.29) is 34.8 Å². The van der Waals surface area contributed by atoms with Crippen molar-refractivity contribution in [3.05, 3.63) is 69.7 Å². The number of aliphatic carboxylic acids is 2. The summed E-state index contributed by atoms with van der Waals surface area (Å²) < 4.78 is 7.85. The molecule has 20 heteroatoms. The Hall–Kier alpha value is -5.34. The molecule has 2 atom stereocenters. The van der Waals surface area contributed by atoms with Crippen molar-refractivity contribution in [2.75, 3.05) is 11.5 Å². The van der Waals surface area contributed by atoms with Gasteiger partial charge in [0.1, 0.15) is 28.5 Å². The minimum Gasteiger partial charge on any atom is -0.478 e. The second-order valence-corrected chi connectivity index (χ2v) is 14.4. The van der Waals surface area contributed by atoms with Crippen LogP contribution in [0.1, 0.15) is 30.1 Å². The SMILES string of the molecule is CC(C)(O/N=C(\C(=O)N[C@@H]1C(=O)N2C(C(=O)O)=C(C[n+]3ccc4ccn(Cc5cc(C(=N)N)cs5)c4c3)CS[C@H]12)c1nsc(N)n1)C(=O)O. The van der Waals surface area contributed by atoms with Crippen LogP contribution in [0.4, 0.5) is 5.13 Å². The van der Waals surface area contributed by atoms with E-state index in [9.17, 15) is 29.4 Å². The van der Waals surface area contributed by atoms with Gasteiger partial charge in [0.2, 0.25) is 17.1 Å². The first-order valence-electron chi connectivity index (χ1n) is 14.4. The van der Waals surface area contributed by atoms with Gasteiger partial charge in [0, 0.05) is 56.3 Å². The number of anilines is 1. The standard InChI is InChI=1S/C29H28N10O7S3/c1-29(2,27(44)45)46-35-18(22-34-28(32)49-36-22)23(40)33-19-24(41)39-20(26(42)43)15(12-48-25(19)39)8-37-5-3-13-4-6-38(17(13)10-37)9-16-7-14(11-47-16)21(30)31/h3-7,10-11,19,25H,8-9,12H2,1-2H3,(H7-,30,31,32,33,34,36,40,42,43,44,45)/p+1/b35-18-/t19-,25-/m1/s1. The predicted molar refractivity (Wildman–Crippen MR) is 180 cm³/mol. The summed E-state index contributed by atoms with van der Waals surface area (Å²) in [4.78, 5) is 61.9. The van der Waals surface area contributed by atoms with Gasteiger partial charge in [-0.3, -0.25) is 19.9 Å². The number of nitrogens with one attached hydrogen (secondary N) is 2. The van der Waals surface area contributed by atoms with E-state index in [4.69, 9.17) is 21.7 Å². The molecule has 8 N–H and O–H groups in total. The molecular weight excluding hydrogens is 697 g/mol. The van der Waals surface area contributed by atoms with Crippen LogP contribution < -0.4 is 21.4 Å². The molecule has 6 heterocycles. The first-order valence-corrected chi connectivity index (χ1v) is 17.1. The number of rotatable bonds is 12. The molecule has 0 aliphatic carbocycles. The number of fused-ring (bicyclic) bond motifs is 2. The van der Waals surface area contributed by atoms with E-state index in [0.717, 1.165) is 32.2 Å². The van der Waals surface area contributed by atoms with Crippen molar-refractivity contribution in [1.82, 2.24) is 24.1 Å². The fourth-order valence-corrected chi connectivity index (χ4v) is 7.78. The van der Waals surface area contributed by atoms with Crippen LogP contribution in [0.3, 0.4) is 0 Å². The lowest BCUT2D eigenvalue weighted by molar-refractivity contribution is -0.687. The topological polar surface area (TPSA) is 256 Å². The highest BCUT2D eigenvalue weighted by molar-refractivity contribution is 8.00. The molecule has 4 aromatic rings. The van der Waals surface area contributed by atoms with Gasteiger partial charge in [0.05, 0.1) is 6.54 Å². The lowest BCUT2D eigenvalue weighted by Gasteiger charge is -2.49. The van der Waals surface area contributed by atoms with Gasteiger partial charge in [-0.25, -0.2) is 9.59 Å². The molecule has 2 aliphatic rings. The molecule has 0 radical (unpaired) electrons. The quantitative estimate of drug-likeness (QED) is 0.0390. The average molecular weight is 726 g/mol. The molecule has 0 aromatic carbocycles. The zero-order valence-corrected chi connectivity index (χ0v) is 28.3. The number of thioether (sulfide) groups is 1. The minimum absolute atomic E-state index is 0.00559. The molecule has 254 valence electrons. The van der Waals surface area contributed by atoms with E-state index in [1.807, 2.05) is 51.3 Å². The Morgan fingerprint density at radius 2 is 2.06 bits per heavy atom. The van der Waals surface area contributed by atoms with E-state index < -0.39 is 46.5 Å². The van der Waals surface area contributed by atoms with Gasteiger partial charge in [0.25, 0.3) is 11.8 Å². The number of aromatic nitrogens is 4. The Balaban J connectivity index is 1.21. The molecule has 2 amide bonds. The molecule has 2 aliphatic heterocycles. The van der Waals surface area contributed by atoms with Crippen molar-refractivity contribution in [3.63, 3.8) is 0 Å². The van der Waals surface area contributed by atoms with E-state index in [2.05, 4.69) is 19.8 Å². The molecule has 6 rings (SSSR count). The molecule has 1 fully saturated rings. The summed E-state index contributed by atoms with van der Waals surface area (Å²) in [6, 6.07) is 4.66. The van der Waals surface area contributed by atoms with E-state index in [1.165, 1.54) is 36.9 Å². The lowest BCUT2D eigenvalue weighted by atomic mass is 10.0. The molecule has 0 spiro atoms. The maximum Gasteiger partial charge on any atom is 0.352 e. The Bertz CT molecular complexity index is 2100. The number of nitrogens with two attached hydrogens (primary N) is 2. The Morgan fingerprint density at radius 3 is 2.71 bits per heavy atom. The molecule has 0 bridgehead atoms. The van der Waals surface area contributed by atoms with E-state index in [0.29, 0.717) is 17.7 Å². The van der Waals surface area contributed by atoms with Gasteiger partial charge in [-0.2, -0.15) is 13.9 Å². The van der Waals surface area contributed by atoms with Crippen LogP contribution in [0.5, 0.6) is 0 Å². The third kappa shape index (κ3) is 6.56. The second-order valence-electron chi connectivity index (χ2n) is 11.5. The number of hydrogen-bond donors (Lipinski definition) is 6. The summed E-state index contributed by atoms with van der Waals surface area (Å²) in [7, 11) is 0. The largest absolute Gasteiger partial charge is 0.478 e. The highest BCUT2D eigenvalue weighted by atomic mass is 32.2. The van der Waals surface area contributed by atoms with Crippen LogP contribution in [0.2, 0.25) is 0 Å². The third-order valence-corrected chi connectivity index (χ3v) is 10.5. The first kappa shape index (κ1) is 33.6. The molecule has 1 saturated heterocycles. The molecular formula is C29H29N10O7S3+. The Labute approximate surface area is 289 Å². The first-order chi connectivity index (χ1) is 23.2. The Kier molecular flexibility index (Phi) is 8.86. The van der Waals surface area contributed by atoms with Crippen LogP contribution in [-0.2, 0) is 37.1 Å². The zero-order chi connectivity index (χ0) is 35.2. The van der Waals surface area contributed by atoms with Crippen LogP contribution in [0.15, 0.2) is 58.6 Å². The highest BCUT2D eigenvalue weighted by Gasteiger charge is 2.55. The zero-order valence-electron chi connectivity index (χ0n) is 25.8. The Morgan fingerprint density at radius 1 is 1.29 bits per heavy atom. The summed E-state index contributed by atoms with van der Waals surface area (Å²) in [6.45, 7) is 3.21. The van der Waals surface area contributed by atoms with Crippen LogP contribution in [0.25, 0.3) is 10.9 Å². The predicted octanol–water partition coefficient (Wildman–Crippen LogP) is 0.779. The van der Waals surface area contributed by atoms with Gasteiger partial charge in [-0.1, -0.05) is 5.16 Å². The molecule has 0 saturated carbocycles. The third-order valence-electron chi connectivity index (χ3n) is 7.72. The maximum absolute atomic E-state index is 13.4. The highest BCUT2D eigenvalue weighted by Crippen LogP contribution is 2.40. The van der Waals surface area contributed by atoms with Crippen molar-refractivity contribution in [1.29, 1.82) is 5.41 Å². The number of thiophene rings is 1. The number of carbonyl (C=O) groups excluding carboxylic acids is 2. The van der Waals surface area contributed by atoms with E-state index >= 15 is 0 Å². The summed E-state index contributed by atoms with van der Waals surface area (Å²) in [5.74, 6) is -4.17. The number of nitrogen functional groups attached to an aromatic ring is 2. The number of carboxylic acids is 2. The van der Waals surface area contributed by atoms with Gasteiger partial charge in [-0.05, 0) is 26.0 Å². The average Bonchev–Trinajstić information content (AvgIpc) is 3.80. The summed E-state index contributed by atoms with van der Waals surface area (Å²) in [5.41, 5.74) is 10.9. The fraction of sp³-hybridized carbons (Fsp3) is 0.276. The normalized spacial score (nSPS) is 17.9. The number of hydrogen-bond acceptors (Lipinski definition) is 13.